The van der Waals surface area contributed by atoms with Crippen LogP contribution in [0.3, 0.4) is 0 Å². The Balaban J connectivity index is 1.62. The number of fused-ring (bicyclic) bond motifs is 1. The molecule has 0 unspecified atom stereocenters. The van der Waals surface area contributed by atoms with Crippen molar-refractivity contribution in [3.63, 3.8) is 0 Å². The number of amides is 3. The predicted molar refractivity (Wildman–Crippen MR) is 112 cm³/mol. The topological polar surface area (TPSA) is 84.9 Å². The van der Waals surface area contributed by atoms with Crippen molar-refractivity contribution in [3.8, 4) is 11.5 Å². The first-order valence-corrected chi connectivity index (χ1v) is 9.72. The molecule has 2 aromatic rings. The molecule has 4 rings (SSSR count). The molecule has 9 heteroatoms. The molecule has 0 radical (unpaired) electrons. The van der Waals surface area contributed by atoms with Crippen LogP contribution >= 0.6 is 24.0 Å². The SMILES string of the molecule is COc1cccc(/C=C2\SC(=S)NC2=O)c1OCN1C(=O)c2ccccc2C1=O. The van der Waals surface area contributed by atoms with Crippen molar-refractivity contribution in [1.82, 2.24) is 10.2 Å². The molecular formula is C20H14N2O5S2. The molecule has 1 saturated heterocycles. The molecule has 0 saturated carbocycles. The van der Waals surface area contributed by atoms with Crippen LogP contribution in [0.5, 0.6) is 11.5 Å². The Kier molecular flexibility index (Phi) is 5.08. The van der Waals surface area contributed by atoms with E-state index in [9.17, 15) is 14.4 Å². The zero-order chi connectivity index (χ0) is 20.5. The molecule has 3 amide bonds. The van der Waals surface area contributed by atoms with E-state index in [4.69, 9.17) is 21.7 Å². The first kappa shape index (κ1) is 19.2. The lowest BCUT2D eigenvalue weighted by atomic mass is 10.1. The van der Waals surface area contributed by atoms with Gasteiger partial charge in [-0.05, 0) is 24.3 Å². The Morgan fingerprint density at radius 2 is 1.76 bits per heavy atom. The van der Waals surface area contributed by atoms with Crippen molar-refractivity contribution < 1.29 is 23.9 Å². The molecule has 7 nitrogen and oxygen atoms in total. The summed E-state index contributed by atoms with van der Waals surface area (Å²) in [5.41, 5.74) is 1.25. The minimum atomic E-state index is -0.420. The molecule has 1 fully saturated rings. The van der Waals surface area contributed by atoms with E-state index in [1.165, 1.54) is 7.11 Å². The number of hydrogen-bond donors (Lipinski definition) is 1. The molecule has 146 valence electrons. The van der Waals surface area contributed by atoms with Crippen LogP contribution in [0.25, 0.3) is 6.08 Å². The molecule has 0 aliphatic carbocycles. The van der Waals surface area contributed by atoms with Crippen LogP contribution < -0.4 is 14.8 Å². The zero-order valence-corrected chi connectivity index (χ0v) is 16.8. The van der Waals surface area contributed by atoms with Gasteiger partial charge in [0.1, 0.15) is 4.32 Å². The number of nitrogens with zero attached hydrogens (tertiary/aromatic N) is 1. The fourth-order valence-corrected chi connectivity index (χ4v) is 4.04. The van der Waals surface area contributed by atoms with Gasteiger partial charge in [-0.15, -0.1) is 0 Å². The second-order valence-corrected chi connectivity index (χ2v) is 7.81. The summed E-state index contributed by atoms with van der Waals surface area (Å²) in [6.45, 7) is -0.291. The second-order valence-electron chi connectivity index (χ2n) is 6.09. The van der Waals surface area contributed by atoms with E-state index in [0.717, 1.165) is 16.7 Å². The molecule has 2 aliphatic heterocycles. The third-order valence-corrected chi connectivity index (χ3v) is 5.54. The van der Waals surface area contributed by atoms with E-state index < -0.39 is 11.8 Å². The van der Waals surface area contributed by atoms with Crippen molar-refractivity contribution in [2.75, 3.05) is 13.8 Å². The molecule has 2 aliphatic rings. The van der Waals surface area contributed by atoms with Gasteiger partial charge in [0, 0.05) is 5.56 Å². The Morgan fingerprint density at radius 3 is 2.34 bits per heavy atom. The highest BCUT2D eigenvalue weighted by Crippen LogP contribution is 2.36. The highest BCUT2D eigenvalue weighted by molar-refractivity contribution is 8.26. The third kappa shape index (κ3) is 3.50. The van der Waals surface area contributed by atoms with Crippen molar-refractivity contribution in [3.05, 3.63) is 64.1 Å². The number of carbonyl (C=O) groups excluding carboxylic acids is 3. The highest BCUT2D eigenvalue weighted by atomic mass is 32.2. The third-order valence-electron chi connectivity index (χ3n) is 4.37. The smallest absolute Gasteiger partial charge is 0.264 e. The number of rotatable bonds is 5. The lowest BCUT2D eigenvalue weighted by Crippen LogP contribution is -2.33. The Hall–Kier alpha value is -3.17. The number of hydrogen-bond acceptors (Lipinski definition) is 7. The first-order chi connectivity index (χ1) is 14.0. The summed E-state index contributed by atoms with van der Waals surface area (Å²) < 4.78 is 11.6. The van der Waals surface area contributed by atoms with Crippen molar-refractivity contribution >= 4 is 52.1 Å². The lowest BCUT2D eigenvalue weighted by Gasteiger charge is -2.18. The maximum Gasteiger partial charge on any atom is 0.264 e. The number of ether oxygens (including phenoxy) is 2. The van der Waals surface area contributed by atoms with Crippen LogP contribution in [-0.4, -0.2) is 40.8 Å². The summed E-state index contributed by atoms with van der Waals surface area (Å²) >= 11 is 6.15. The highest BCUT2D eigenvalue weighted by Gasteiger charge is 2.35. The van der Waals surface area contributed by atoms with Gasteiger partial charge < -0.3 is 14.8 Å². The van der Waals surface area contributed by atoms with Crippen molar-refractivity contribution in [1.29, 1.82) is 0 Å². The standard InChI is InChI=1S/C20H14N2O5S2/c1-26-14-8-4-5-11(9-15-17(23)21-20(28)29-15)16(14)27-10-22-18(24)12-6-2-3-7-13(12)19(22)25/h2-9H,10H2,1H3,(H,21,23,28)/b15-9-. The molecule has 0 spiro atoms. The van der Waals surface area contributed by atoms with Crippen LogP contribution in [0.15, 0.2) is 47.4 Å². The van der Waals surface area contributed by atoms with Crippen LogP contribution in [0, 0.1) is 0 Å². The summed E-state index contributed by atoms with van der Waals surface area (Å²) in [6, 6.07) is 11.8. The first-order valence-electron chi connectivity index (χ1n) is 8.49. The molecular weight excluding hydrogens is 412 g/mol. The van der Waals surface area contributed by atoms with Crippen LogP contribution in [0.4, 0.5) is 0 Å². The maximum absolute atomic E-state index is 12.5. The van der Waals surface area contributed by atoms with E-state index >= 15 is 0 Å². The second kappa shape index (κ2) is 7.69. The molecule has 2 heterocycles. The van der Waals surface area contributed by atoms with Crippen molar-refractivity contribution in [2.45, 2.75) is 0 Å². The van der Waals surface area contributed by atoms with Gasteiger partial charge in [0.25, 0.3) is 17.7 Å². The van der Waals surface area contributed by atoms with Gasteiger partial charge in [-0.1, -0.05) is 48.2 Å². The number of benzene rings is 2. The average Bonchev–Trinajstić information content (AvgIpc) is 3.16. The molecule has 0 bridgehead atoms. The van der Waals surface area contributed by atoms with Crippen LogP contribution in [-0.2, 0) is 4.79 Å². The van der Waals surface area contributed by atoms with E-state index in [1.807, 2.05) is 0 Å². The Bertz CT molecular complexity index is 1060. The van der Waals surface area contributed by atoms with Crippen LogP contribution in [0.1, 0.15) is 26.3 Å². The number of nitrogens with one attached hydrogen (secondary N) is 1. The molecule has 29 heavy (non-hydrogen) atoms. The number of methoxy groups -OCH3 is 1. The predicted octanol–water partition coefficient (Wildman–Crippen LogP) is 2.82. The van der Waals surface area contributed by atoms with E-state index in [0.29, 0.717) is 37.4 Å². The number of carbonyl (C=O) groups is 3. The van der Waals surface area contributed by atoms with Gasteiger partial charge >= 0.3 is 0 Å². The maximum atomic E-state index is 12.5. The van der Waals surface area contributed by atoms with Gasteiger partial charge in [-0.25, -0.2) is 4.90 Å². The average molecular weight is 426 g/mol. The van der Waals surface area contributed by atoms with Gasteiger partial charge in [-0.3, -0.25) is 14.4 Å². The fourth-order valence-electron chi connectivity index (χ4n) is 3.01. The minimum absolute atomic E-state index is 0.291. The molecule has 0 aromatic heterocycles. The summed E-state index contributed by atoms with van der Waals surface area (Å²) in [5, 5.41) is 2.55. The van der Waals surface area contributed by atoms with Gasteiger partial charge in [-0.2, -0.15) is 0 Å². The molecule has 1 N–H and O–H groups in total. The minimum Gasteiger partial charge on any atom is -0.493 e. The number of thioether (sulfide) groups is 1. The molecule has 0 atom stereocenters. The van der Waals surface area contributed by atoms with Gasteiger partial charge in [0.05, 0.1) is 23.1 Å². The number of para-hydroxylation sites is 1. The normalized spacial score (nSPS) is 17.0. The zero-order valence-electron chi connectivity index (χ0n) is 15.1. The summed E-state index contributed by atoms with van der Waals surface area (Å²) in [7, 11) is 1.48. The van der Waals surface area contributed by atoms with E-state index in [1.54, 1.807) is 48.5 Å². The summed E-state index contributed by atoms with van der Waals surface area (Å²) in [5.74, 6) is -0.422. The Morgan fingerprint density at radius 1 is 1.07 bits per heavy atom. The molecule has 2 aromatic carbocycles. The van der Waals surface area contributed by atoms with Gasteiger partial charge in [0.2, 0.25) is 0 Å². The monoisotopic (exact) mass is 426 g/mol. The van der Waals surface area contributed by atoms with E-state index in [-0.39, 0.29) is 12.6 Å². The van der Waals surface area contributed by atoms with Crippen LogP contribution in [0.2, 0.25) is 0 Å². The number of thiocarbonyl (C=S) groups is 1. The Labute approximate surface area is 175 Å². The number of imide groups is 1. The van der Waals surface area contributed by atoms with E-state index in [2.05, 4.69) is 5.32 Å². The fraction of sp³-hybridized carbons (Fsp3) is 0.100. The summed E-state index contributed by atoms with van der Waals surface area (Å²) in [4.78, 5) is 38.5. The van der Waals surface area contributed by atoms with Crippen molar-refractivity contribution in [2.24, 2.45) is 0 Å². The lowest BCUT2D eigenvalue weighted by molar-refractivity contribution is -0.115. The van der Waals surface area contributed by atoms with Gasteiger partial charge in [0.15, 0.2) is 18.2 Å². The largest absolute Gasteiger partial charge is 0.493 e. The quantitative estimate of drug-likeness (QED) is 0.447. The summed E-state index contributed by atoms with van der Waals surface area (Å²) in [6.07, 6.45) is 1.62.